The zero-order valence-electron chi connectivity index (χ0n) is 13.4. The summed E-state index contributed by atoms with van der Waals surface area (Å²) in [6, 6.07) is 6.62. The Kier molecular flexibility index (Phi) is 6.42. The summed E-state index contributed by atoms with van der Waals surface area (Å²) in [5, 5.41) is 3.37. The van der Waals surface area contributed by atoms with Crippen molar-refractivity contribution in [3.05, 3.63) is 34.9 Å². The van der Waals surface area contributed by atoms with Crippen molar-refractivity contribution in [1.82, 2.24) is 5.32 Å². The van der Waals surface area contributed by atoms with Crippen molar-refractivity contribution in [1.29, 1.82) is 0 Å². The number of hydrogen-bond acceptors (Lipinski definition) is 4. The summed E-state index contributed by atoms with van der Waals surface area (Å²) in [5.74, 6) is -0.595. The molecule has 5 nitrogen and oxygen atoms in total. The maximum Gasteiger partial charge on any atom is 0.308 e. The lowest BCUT2D eigenvalue weighted by molar-refractivity contribution is -0.148. The van der Waals surface area contributed by atoms with Crippen molar-refractivity contribution in [2.45, 2.75) is 51.4 Å². The third-order valence-electron chi connectivity index (χ3n) is 3.56. The van der Waals surface area contributed by atoms with E-state index in [0.29, 0.717) is 23.6 Å². The number of benzene rings is 1. The van der Waals surface area contributed by atoms with Crippen LogP contribution in [-0.4, -0.2) is 30.7 Å². The lowest BCUT2D eigenvalue weighted by atomic mass is 10.0. The highest BCUT2D eigenvalue weighted by Crippen LogP contribution is 2.26. The van der Waals surface area contributed by atoms with Gasteiger partial charge >= 0.3 is 5.97 Å². The molecule has 126 valence electrons. The first kappa shape index (κ1) is 17.8. The molecule has 0 aliphatic carbocycles. The number of hydrogen-bond donors (Lipinski definition) is 1. The molecule has 0 spiro atoms. The van der Waals surface area contributed by atoms with Crippen LogP contribution < -0.4 is 5.32 Å². The van der Waals surface area contributed by atoms with Crippen LogP contribution in [0, 0.1) is 0 Å². The molecule has 6 heteroatoms. The van der Waals surface area contributed by atoms with Crippen LogP contribution in [0.1, 0.15) is 44.7 Å². The number of rotatable bonds is 6. The Morgan fingerprint density at radius 2 is 2.13 bits per heavy atom. The lowest BCUT2D eigenvalue weighted by Crippen LogP contribution is -2.38. The molecule has 0 aromatic heterocycles. The Balaban J connectivity index is 2.12. The van der Waals surface area contributed by atoms with Crippen LogP contribution in [0.15, 0.2) is 24.3 Å². The molecule has 2 atom stereocenters. The van der Waals surface area contributed by atoms with Gasteiger partial charge in [0.2, 0.25) is 5.91 Å². The van der Waals surface area contributed by atoms with E-state index in [1.54, 1.807) is 32.0 Å². The Morgan fingerprint density at radius 3 is 2.74 bits per heavy atom. The Labute approximate surface area is 141 Å². The number of ether oxygens (including phenoxy) is 2. The van der Waals surface area contributed by atoms with E-state index in [1.165, 1.54) is 0 Å². The van der Waals surface area contributed by atoms with Gasteiger partial charge in [0.05, 0.1) is 18.6 Å². The molecule has 1 fully saturated rings. The Bertz CT molecular complexity index is 555. The largest absolute Gasteiger partial charge is 0.463 e. The highest BCUT2D eigenvalue weighted by molar-refractivity contribution is 6.31. The monoisotopic (exact) mass is 339 g/mol. The van der Waals surface area contributed by atoms with Gasteiger partial charge in [0.1, 0.15) is 6.10 Å². The highest BCUT2D eigenvalue weighted by atomic mass is 35.5. The summed E-state index contributed by atoms with van der Waals surface area (Å²) in [5.41, 5.74) is 0.696. The summed E-state index contributed by atoms with van der Waals surface area (Å²) in [7, 11) is 0. The summed E-state index contributed by atoms with van der Waals surface area (Å²) in [4.78, 5) is 24.3. The van der Waals surface area contributed by atoms with Crippen molar-refractivity contribution < 1.29 is 19.1 Å². The number of nitrogens with one attached hydrogen (secondary N) is 1. The molecule has 1 aliphatic heterocycles. The maximum atomic E-state index is 12.3. The zero-order chi connectivity index (χ0) is 16.8. The van der Waals surface area contributed by atoms with Crippen LogP contribution in [0.5, 0.6) is 0 Å². The molecule has 1 N–H and O–H groups in total. The predicted octanol–water partition coefficient (Wildman–Crippen LogP) is 3.02. The molecule has 0 saturated carbocycles. The normalized spacial score (nSPS) is 18.7. The first-order valence-corrected chi connectivity index (χ1v) is 8.21. The van der Waals surface area contributed by atoms with Gasteiger partial charge < -0.3 is 14.8 Å². The van der Waals surface area contributed by atoms with Gasteiger partial charge in [0, 0.05) is 11.6 Å². The van der Waals surface area contributed by atoms with Gasteiger partial charge in [-0.3, -0.25) is 9.59 Å². The molecule has 2 rings (SSSR count). The van der Waals surface area contributed by atoms with E-state index in [0.717, 1.165) is 6.42 Å². The van der Waals surface area contributed by atoms with E-state index in [2.05, 4.69) is 5.32 Å². The maximum absolute atomic E-state index is 12.3. The van der Waals surface area contributed by atoms with Gasteiger partial charge in [-0.15, -0.1) is 0 Å². The van der Waals surface area contributed by atoms with Crippen LogP contribution in [0.3, 0.4) is 0 Å². The quantitative estimate of drug-likeness (QED) is 0.809. The summed E-state index contributed by atoms with van der Waals surface area (Å²) >= 11 is 6.22. The molecule has 23 heavy (non-hydrogen) atoms. The molecular weight excluding hydrogens is 318 g/mol. The number of halogens is 1. The van der Waals surface area contributed by atoms with E-state index in [9.17, 15) is 9.59 Å². The first-order valence-electron chi connectivity index (χ1n) is 7.83. The lowest BCUT2D eigenvalue weighted by Gasteiger charge is -2.22. The number of esters is 1. The molecule has 0 bridgehead atoms. The molecule has 1 aliphatic rings. The molecule has 1 heterocycles. The number of carbonyl (C=O) groups excluding carboxylic acids is 2. The third kappa shape index (κ3) is 5.22. The Morgan fingerprint density at radius 1 is 1.39 bits per heavy atom. The standard InChI is InChI=1S/C17H22ClNO4/c1-11(2)23-16(20)10-14(12-6-3-4-7-13(12)18)19-17(21)15-8-5-9-22-15/h3-4,6-7,11,14-15H,5,8-10H2,1-2H3,(H,19,21). The molecule has 1 aromatic rings. The van der Waals surface area contributed by atoms with Crippen molar-refractivity contribution in [3.63, 3.8) is 0 Å². The van der Waals surface area contributed by atoms with Gasteiger partial charge in [-0.05, 0) is 38.3 Å². The summed E-state index contributed by atoms with van der Waals surface area (Å²) in [6.07, 6.45) is 0.923. The van der Waals surface area contributed by atoms with Gasteiger partial charge in [-0.2, -0.15) is 0 Å². The molecular formula is C17H22ClNO4. The van der Waals surface area contributed by atoms with Crippen LogP contribution >= 0.6 is 11.6 Å². The third-order valence-corrected chi connectivity index (χ3v) is 3.90. The minimum atomic E-state index is -0.536. The fourth-order valence-electron chi connectivity index (χ4n) is 2.52. The second-order valence-electron chi connectivity index (χ2n) is 5.83. The van der Waals surface area contributed by atoms with Crippen molar-refractivity contribution >= 4 is 23.5 Å². The predicted molar refractivity (Wildman–Crippen MR) is 87.2 cm³/mol. The van der Waals surface area contributed by atoms with E-state index >= 15 is 0 Å². The zero-order valence-corrected chi connectivity index (χ0v) is 14.1. The fraction of sp³-hybridized carbons (Fsp3) is 0.529. The number of amides is 1. The first-order chi connectivity index (χ1) is 11.0. The van der Waals surface area contributed by atoms with E-state index in [1.807, 2.05) is 6.07 Å². The van der Waals surface area contributed by atoms with Crippen molar-refractivity contribution in [3.8, 4) is 0 Å². The molecule has 1 saturated heterocycles. The SMILES string of the molecule is CC(C)OC(=O)CC(NC(=O)C1CCCO1)c1ccccc1Cl. The average Bonchev–Trinajstić information content (AvgIpc) is 3.00. The highest BCUT2D eigenvalue weighted by Gasteiger charge is 2.28. The van der Waals surface area contributed by atoms with Gasteiger partial charge in [-0.1, -0.05) is 29.8 Å². The minimum absolute atomic E-state index is 0.0281. The smallest absolute Gasteiger partial charge is 0.308 e. The Hall–Kier alpha value is -1.59. The van der Waals surface area contributed by atoms with E-state index < -0.39 is 12.1 Å². The number of carbonyl (C=O) groups is 2. The van der Waals surface area contributed by atoms with E-state index in [-0.39, 0.29) is 24.4 Å². The van der Waals surface area contributed by atoms with Crippen LogP contribution in [0.25, 0.3) is 0 Å². The summed E-state index contributed by atoms with van der Waals surface area (Å²) < 4.78 is 10.6. The van der Waals surface area contributed by atoms with Crippen LogP contribution in [0.2, 0.25) is 5.02 Å². The molecule has 1 aromatic carbocycles. The average molecular weight is 340 g/mol. The van der Waals surface area contributed by atoms with Crippen LogP contribution in [-0.2, 0) is 19.1 Å². The molecule has 1 amide bonds. The van der Waals surface area contributed by atoms with E-state index in [4.69, 9.17) is 21.1 Å². The van der Waals surface area contributed by atoms with Gasteiger partial charge in [-0.25, -0.2) is 0 Å². The molecule has 0 radical (unpaired) electrons. The summed E-state index contributed by atoms with van der Waals surface area (Å²) in [6.45, 7) is 4.16. The van der Waals surface area contributed by atoms with Crippen molar-refractivity contribution in [2.75, 3.05) is 6.61 Å². The fourth-order valence-corrected chi connectivity index (χ4v) is 2.79. The topological polar surface area (TPSA) is 64.6 Å². The second-order valence-corrected chi connectivity index (χ2v) is 6.23. The minimum Gasteiger partial charge on any atom is -0.463 e. The van der Waals surface area contributed by atoms with Gasteiger partial charge in [0.25, 0.3) is 0 Å². The van der Waals surface area contributed by atoms with Gasteiger partial charge in [0.15, 0.2) is 0 Å². The molecule has 2 unspecified atom stereocenters. The van der Waals surface area contributed by atoms with Crippen LogP contribution in [0.4, 0.5) is 0 Å². The van der Waals surface area contributed by atoms with Crippen molar-refractivity contribution in [2.24, 2.45) is 0 Å². The second kappa shape index (κ2) is 8.31.